The molecule has 254 valence electrons. The van der Waals surface area contributed by atoms with Crippen LogP contribution in [-0.4, -0.2) is 69.1 Å². The maximum Gasteiger partial charge on any atom is 0.336 e. The van der Waals surface area contributed by atoms with Gasteiger partial charge in [0.1, 0.15) is 18.0 Å². The molecular formula is C36H42Cl2N6O4. The Labute approximate surface area is 290 Å². The van der Waals surface area contributed by atoms with E-state index in [9.17, 15) is 4.79 Å². The van der Waals surface area contributed by atoms with Crippen LogP contribution in [0.4, 0.5) is 0 Å². The van der Waals surface area contributed by atoms with E-state index in [4.69, 9.17) is 42.8 Å². The number of hydrogen-bond donors (Lipinski definition) is 4. The second-order valence-electron chi connectivity index (χ2n) is 11.1. The third-order valence-corrected chi connectivity index (χ3v) is 8.36. The predicted octanol–water partition coefficient (Wildman–Crippen LogP) is 5.73. The summed E-state index contributed by atoms with van der Waals surface area (Å²) in [5.41, 5.74) is 3.92. The van der Waals surface area contributed by atoms with E-state index in [1.807, 2.05) is 86.0 Å². The smallest absolute Gasteiger partial charge is 0.336 e. The normalized spacial score (nSPS) is 13.1. The summed E-state index contributed by atoms with van der Waals surface area (Å²) in [6.45, 7) is 8.49. The van der Waals surface area contributed by atoms with Crippen molar-refractivity contribution in [2.24, 2.45) is 4.99 Å². The van der Waals surface area contributed by atoms with Crippen LogP contribution in [0.5, 0.6) is 0 Å². The molecule has 2 aromatic heterocycles. The van der Waals surface area contributed by atoms with Crippen molar-refractivity contribution in [2.45, 2.75) is 52.2 Å². The average Bonchev–Trinajstić information content (AvgIpc) is 3.39. The molecule has 48 heavy (non-hydrogen) atoms. The van der Waals surface area contributed by atoms with E-state index in [-0.39, 0.29) is 30.9 Å². The van der Waals surface area contributed by atoms with Gasteiger partial charge in [0.15, 0.2) is 5.82 Å². The van der Waals surface area contributed by atoms with Gasteiger partial charge >= 0.3 is 5.63 Å². The van der Waals surface area contributed by atoms with Crippen molar-refractivity contribution in [3.8, 4) is 5.69 Å². The van der Waals surface area contributed by atoms with Crippen LogP contribution in [0.25, 0.3) is 16.7 Å². The summed E-state index contributed by atoms with van der Waals surface area (Å²) in [7, 11) is 0. The van der Waals surface area contributed by atoms with Crippen LogP contribution in [-0.2, 0) is 6.54 Å². The summed E-state index contributed by atoms with van der Waals surface area (Å²) in [6.07, 6.45) is 1.88. The van der Waals surface area contributed by atoms with Crippen LogP contribution in [0.3, 0.4) is 0 Å². The lowest BCUT2D eigenvalue weighted by Crippen LogP contribution is -2.40. The summed E-state index contributed by atoms with van der Waals surface area (Å²) in [5.74, 6) is 1.62. The Bertz CT molecular complexity index is 1840. The Morgan fingerprint density at radius 2 is 1.52 bits per heavy atom. The first kappa shape index (κ1) is 36.9. The number of aromatic nitrogens is 3. The van der Waals surface area contributed by atoms with Crippen LogP contribution in [0.1, 0.15) is 49.5 Å². The van der Waals surface area contributed by atoms with Gasteiger partial charge in [-0.25, -0.2) is 4.79 Å². The molecule has 0 unspecified atom stereocenters. The molecule has 4 N–H and O–H groups in total. The van der Waals surface area contributed by atoms with E-state index in [0.717, 1.165) is 65.5 Å². The molecule has 0 fully saturated rings. The summed E-state index contributed by atoms with van der Waals surface area (Å²) < 4.78 is 6.92. The molecule has 0 aliphatic carbocycles. The summed E-state index contributed by atoms with van der Waals surface area (Å²) in [5, 5.41) is 34.9. The lowest BCUT2D eigenvalue weighted by Gasteiger charge is -2.17. The van der Waals surface area contributed by atoms with Gasteiger partial charge < -0.3 is 25.3 Å². The lowest BCUT2D eigenvalue weighted by atomic mass is 10.0. The Balaban J connectivity index is 0.000000178. The molecule has 1 aliphatic rings. The highest BCUT2D eigenvalue weighted by Gasteiger charge is 2.22. The lowest BCUT2D eigenvalue weighted by molar-refractivity contribution is 0.229. The average molecular weight is 694 g/mol. The molecule has 0 bridgehead atoms. The van der Waals surface area contributed by atoms with Crippen LogP contribution >= 0.6 is 23.2 Å². The summed E-state index contributed by atoms with van der Waals surface area (Å²) in [4.78, 5) is 15.5. The SMILES string of the molecule is CC[C@@H](CO)NCCN[C@@H](CC)CO.Cc1nnc2n1-c1ccc(Cl)cc1C(c1ccccc1Cl)=NC2.O=c1ccc2ccccc2o1. The van der Waals surface area contributed by atoms with Crippen LogP contribution < -0.4 is 16.3 Å². The van der Waals surface area contributed by atoms with Gasteiger partial charge in [-0.3, -0.25) is 9.56 Å². The number of aliphatic hydroxyl groups is 2. The molecule has 10 nitrogen and oxygen atoms in total. The second-order valence-corrected chi connectivity index (χ2v) is 11.9. The Kier molecular flexibility index (Phi) is 14.3. The van der Waals surface area contributed by atoms with Crippen molar-refractivity contribution < 1.29 is 14.6 Å². The quantitative estimate of drug-likeness (QED) is 0.108. The fraction of sp³-hybridized carbons (Fsp3) is 0.333. The molecule has 5 aromatic rings. The van der Waals surface area contributed by atoms with Crippen LogP contribution in [0.2, 0.25) is 10.0 Å². The van der Waals surface area contributed by atoms with E-state index in [0.29, 0.717) is 22.2 Å². The van der Waals surface area contributed by atoms with Crippen LogP contribution in [0, 0.1) is 6.92 Å². The largest absolute Gasteiger partial charge is 0.423 e. The molecule has 3 aromatic carbocycles. The number of aliphatic imine (C=N–C) groups is 1. The summed E-state index contributed by atoms with van der Waals surface area (Å²) >= 11 is 12.6. The fourth-order valence-electron chi connectivity index (χ4n) is 5.07. The second kappa shape index (κ2) is 18.6. The molecule has 0 saturated heterocycles. The minimum Gasteiger partial charge on any atom is -0.423 e. The highest BCUT2D eigenvalue weighted by atomic mass is 35.5. The Morgan fingerprint density at radius 1 is 0.854 bits per heavy atom. The number of para-hydroxylation sites is 1. The van der Waals surface area contributed by atoms with Gasteiger partial charge in [-0.05, 0) is 56.2 Å². The maximum atomic E-state index is 10.7. The maximum absolute atomic E-state index is 10.7. The van der Waals surface area contributed by atoms with Crippen molar-refractivity contribution in [1.29, 1.82) is 0 Å². The van der Waals surface area contributed by atoms with E-state index in [2.05, 4.69) is 20.8 Å². The zero-order valence-corrected chi connectivity index (χ0v) is 28.9. The zero-order chi connectivity index (χ0) is 34.5. The molecule has 0 radical (unpaired) electrons. The Hall–Kier alpha value is -3.90. The van der Waals surface area contributed by atoms with Crippen molar-refractivity contribution in [3.05, 3.63) is 122 Å². The van der Waals surface area contributed by atoms with Gasteiger partial charge in [-0.1, -0.05) is 73.4 Å². The first-order chi connectivity index (χ1) is 23.3. The number of nitrogens with one attached hydrogen (secondary N) is 2. The molecule has 0 spiro atoms. The third-order valence-electron chi connectivity index (χ3n) is 7.80. The molecule has 6 rings (SSSR count). The number of halogens is 2. The number of benzene rings is 3. The van der Waals surface area contributed by atoms with Gasteiger partial charge in [0.2, 0.25) is 0 Å². The third kappa shape index (κ3) is 9.82. The molecule has 0 amide bonds. The zero-order valence-electron chi connectivity index (χ0n) is 27.4. The standard InChI is InChI=1S/C17H12Cl2N4.C10H24N2O2.C9H6O2/c1-10-21-22-16-9-20-17(12-4-2-3-5-14(12)19)13-8-11(18)6-7-15(13)23(10)16;1-3-9(7-13)11-5-6-12-10(4-2)8-14;10-9-6-5-7-3-1-2-4-8(7)11-9/h2-8H,9H2,1H3;9-14H,3-8H2,1-2H3;1-6H/t;9-,10-;/m.0./s1. The molecule has 3 heterocycles. The van der Waals surface area contributed by atoms with E-state index in [1.165, 1.54) is 6.07 Å². The van der Waals surface area contributed by atoms with Gasteiger partial charge in [0, 0.05) is 57.8 Å². The molecule has 12 heteroatoms. The minimum atomic E-state index is -0.302. The highest BCUT2D eigenvalue weighted by molar-refractivity contribution is 6.36. The van der Waals surface area contributed by atoms with Crippen molar-refractivity contribution in [1.82, 2.24) is 25.4 Å². The van der Waals surface area contributed by atoms with E-state index < -0.39 is 0 Å². The van der Waals surface area contributed by atoms with Crippen molar-refractivity contribution in [2.75, 3.05) is 26.3 Å². The van der Waals surface area contributed by atoms with Gasteiger partial charge in [0.05, 0.1) is 24.6 Å². The minimum absolute atomic E-state index is 0.188. The highest BCUT2D eigenvalue weighted by Crippen LogP contribution is 2.30. The van der Waals surface area contributed by atoms with Gasteiger partial charge in [-0.15, -0.1) is 10.2 Å². The van der Waals surface area contributed by atoms with Crippen molar-refractivity contribution >= 4 is 39.9 Å². The summed E-state index contributed by atoms with van der Waals surface area (Å²) in [6, 6.07) is 24.4. The first-order valence-corrected chi connectivity index (χ1v) is 16.7. The topological polar surface area (TPSA) is 138 Å². The number of aryl methyl sites for hydroxylation is 1. The number of aliphatic hydroxyl groups excluding tert-OH is 2. The predicted molar refractivity (Wildman–Crippen MR) is 193 cm³/mol. The number of hydrogen-bond acceptors (Lipinski definition) is 9. The van der Waals surface area contributed by atoms with Gasteiger partial charge in [-0.2, -0.15) is 0 Å². The first-order valence-electron chi connectivity index (χ1n) is 16.0. The number of nitrogens with zero attached hydrogens (tertiary/aromatic N) is 4. The van der Waals surface area contributed by atoms with Gasteiger partial charge in [0.25, 0.3) is 0 Å². The van der Waals surface area contributed by atoms with Crippen LogP contribution in [0.15, 0.2) is 93.1 Å². The fourth-order valence-corrected chi connectivity index (χ4v) is 5.47. The molecule has 1 aliphatic heterocycles. The Morgan fingerprint density at radius 3 is 2.19 bits per heavy atom. The monoisotopic (exact) mass is 692 g/mol. The molecular weight excluding hydrogens is 651 g/mol. The number of fused-ring (bicyclic) bond motifs is 4. The van der Waals surface area contributed by atoms with E-state index in [1.54, 1.807) is 12.1 Å². The molecule has 2 atom stereocenters. The molecule has 0 saturated carbocycles. The van der Waals surface area contributed by atoms with E-state index >= 15 is 0 Å². The van der Waals surface area contributed by atoms with Crippen molar-refractivity contribution in [3.63, 3.8) is 0 Å². The number of rotatable bonds is 10.